The van der Waals surface area contributed by atoms with E-state index in [1.54, 1.807) is 36.4 Å². The zero-order chi connectivity index (χ0) is 18.7. The maximum atomic E-state index is 12.5. The molecule has 0 fully saturated rings. The predicted octanol–water partition coefficient (Wildman–Crippen LogP) is 1.35. The van der Waals surface area contributed by atoms with Crippen molar-refractivity contribution >= 4 is 11.6 Å². The summed E-state index contributed by atoms with van der Waals surface area (Å²) in [6, 6.07) is 10.1. The number of amides is 1. The Labute approximate surface area is 148 Å². The number of ether oxygens (including phenoxy) is 2. The summed E-state index contributed by atoms with van der Waals surface area (Å²) in [5.41, 5.74) is -0.0529. The Bertz CT molecular complexity index is 1030. The number of hydrogen-bond donors (Lipinski definition) is 2. The monoisotopic (exact) mass is 355 g/mol. The molecule has 0 bridgehead atoms. The molecule has 3 aromatic rings. The summed E-state index contributed by atoms with van der Waals surface area (Å²) in [6.45, 7) is 0.134. The number of pyridine rings is 1. The third-order valence-electron chi connectivity index (χ3n) is 3.84. The number of carbonyl (C=O) groups excluding carboxylic acids is 1. The molecule has 0 spiro atoms. The van der Waals surface area contributed by atoms with Crippen molar-refractivity contribution in [1.29, 1.82) is 0 Å². The van der Waals surface area contributed by atoms with Crippen molar-refractivity contribution in [3.05, 3.63) is 64.1 Å². The van der Waals surface area contributed by atoms with Crippen LogP contribution >= 0.6 is 0 Å². The van der Waals surface area contributed by atoms with Crippen LogP contribution in [-0.4, -0.2) is 34.6 Å². The number of fused-ring (bicyclic) bond motifs is 1. The Morgan fingerprint density at radius 1 is 1.19 bits per heavy atom. The lowest BCUT2D eigenvalue weighted by molar-refractivity contribution is 0.0945. The van der Waals surface area contributed by atoms with E-state index >= 15 is 0 Å². The van der Waals surface area contributed by atoms with Gasteiger partial charge in [-0.1, -0.05) is 12.1 Å². The van der Waals surface area contributed by atoms with Crippen LogP contribution in [0.4, 0.5) is 0 Å². The van der Waals surface area contributed by atoms with Crippen LogP contribution in [-0.2, 0) is 6.54 Å². The number of aromatic nitrogens is 2. The summed E-state index contributed by atoms with van der Waals surface area (Å²) in [6.07, 6.45) is 1.48. The predicted molar refractivity (Wildman–Crippen MR) is 93.8 cm³/mol. The second-order valence-electron chi connectivity index (χ2n) is 5.42. The van der Waals surface area contributed by atoms with Gasteiger partial charge in [-0.05, 0) is 29.8 Å². The smallest absolute Gasteiger partial charge is 0.274 e. The number of methoxy groups -OCH3 is 2. The van der Waals surface area contributed by atoms with E-state index in [9.17, 15) is 14.7 Å². The summed E-state index contributed by atoms with van der Waals surface area (Å²) in [4.78, 5) is 28.7. The lowest BCUT2D eigenvalue weighted by Gasteiger charge is -2.11. The Morgan fingerprint density at radius 3 is 2.69 bits per heavy atom. The number of aromatic hydroxyl groups is 1. The molecule has 0 aliphatic rings. The topological polar surface area (TPSA) is 102 Å². The minimum atomic E-state index is -0.715. The second-order valence-corrected chi connectivity index (χ2v) is 5.42. The van der Waals surface area contributed by atoms with E-state index in [1.165, 1.54) is 24.8 Å². The lowest BCUT2D eigenvalue weighted by atomic mass is 10.2. The van der Waals surface area contributed by atoms with Crippen molar-refractivity contribution < 1.29 is 19.4 Å². The van der Waals surface area contributed by atoms with Gasteiger partial charge in [0.1, 0.15) is 5.65 Å². The average molecular weight is 355 g/mol. The Kier molecular flexibility index (Phi) is 4.74. The van der Waals surface area contributed by atoms with E-state index in [1.807, 2.05) is 0 Å². The van der Waals surface area contributed by atoms with Gasteiger partial charge < -0.3 is 19.9 Å². The Balaban J connectivity index is 1.85. The Morgan fingerprint density at radius 2 is 1.96 bits per heavy atom. The maximum absolute atomic E-state index is 12.5. The van der Waals surface area contributed by atoms with Crippen LogP contribution in [0.1, 0.15) is 15.9 Å². The molecule has 26 heavy (non-hydrogen) atoms. The van der Waals surface area contributed by atoms with Gasteiger partial charge in [0.2, 0.25) is 5.88 Å². The minimum Gasteiger partial charge on any atom is -0.493 e. The third kappa shape index (κ3) is 3.16. The fourth-order valence-electron chi connectivity index (χ4n) is 2.54. The van der Waals surface area contributed by atoms with E-state index in [-0.39, 0.29) is 12.2 Å². The zero-order valence-corrected chi connectivity index (χ0v) is 14.2. The molecule has 0 aliphatic carbocycles. The molecule has 0 saturated carbocycles. The van der Waals surface area contributed by atoms with Crippen molar-refractivity contribution in [2.24, 2.45) is 0 Å². The van der Waals surface area contributed by atoms with Crippen LogP contribution in [0, 0.1) is 0 Å². The summed E-state index contributed by atoms with van der Waals surface area (Å²) < 4.78 is 11.6. The standard InChI is InChI=1S/C18H17N3O5/c1-25-12-7-6-11(9-13(12)26-2)10-19-16(22)15-17(23)20-14-5-3-4-8-21(14)18(15)24/h3-9,23H,10H2,1-2H3,(H,19,22). The van der Waals surface area contributed by atoms with Gasteiger partial charge in [0.05, 0.1) is 14.2 Å². The molecule has 8 heteroatoms. The van der Waals surface area contributed by atoms with Crippen molar-refractivity contribution in [1.82, 2.24) is 14.7 Å². The van der Waals surface area contributed by atoms with Gasteiger partial charge in [0.15, 0.2) is 17.1 Å². The molecule has 0 saturated heterocycles. The van der Waals surface area contributed by atoms with Crippen LogP contribution in [0.25, 0.3) is 5.65 Å². The first-order valence-corrected chi connectivity index (χ1v) is 7.74. The highest BCUT2D eigenvalue weighted by Crippen LogP contribution is 2.27. The number of benzene rings is 1. The molecule has 2 N–H and O–H groups in total. The quantitative estimate of drug-likeness (QED) is 0.716. The molecule has 1 amide bonds. The first kappa shape index (κ1) is 17.3. The summed E-state index contributed by atoms with van der Waals surface area (Å²) >= 11 is 0. The van der Waals surface area contributed by atoms with Crippen molar-refractivity contribution in [3.63, 3.8) is 0 Å². The fourth-order valence-corrected chi connectivity index (χ4v) is 2.54. The normalized spacial score (nSPS) is 10.5. The number of hydrogen-bond acceptors (Lipinski definition) is 6. The van der Waals surface area contributed by atoms with Crippen LogP contribution in [0.15, 0.2) is 47.4 Å². The largest absolute Gasteiger partial charge is 0.493 e. The molecule has 134 valence electrons. The van der Waals surface area contributed by atoms with Crippen LogP contribution < -0.4 is 20.3 Å². The van der Waals surface area contributed by atoms with Gasteiger partial charge in [-0.25, -0.2) is 0 Å². The molecule has 2 aromatic heterocycles. The number of nitrogens with zero attached hydrogens (tertiary/aromatic N) is 2. The first-order valence-electron chi connectivity index (χ1n) is 7.74. The molecule has 2 heterocycles. The molecule has 1 aromatic carbocycles. The van der Waals surface area contributed by atoms with Crippen molar-refractivity contribution in [2.75, 3.05) is 14.2 Å². The van der Waals surface area contributed by atoms with Crippen molar-refractivity contribution in [3.8, 4) is 17.4 Å². The van der Waals surface area contributed by atoms with Crippen LogP contribution in [0.5, 0.6) is 17.4 Å². The van der Waals surface area contributed by atoms with E-state index in [0.29, 0.717) is 11.5 Å². The molecule has 8 nitrogen and oxygen atoms in total. The molecular weight excluding hydrogens is 338 g/mol. The van der Waals surface area contributed by atoms with Crippen LogP contribution in [0.3, 0.4) is 0 Å². The summed E-state index contributed by atoms with van der Waals surface area (Å²) in [5.74, 6) is -0.231. The third-order valence-corrected chi connectivity index (χ3v) is 3.84. The summed E-state index contributed by atoms with van der Waals surface area (Å²) in [5, 5.41) is 12.6. The molecule has 0 radical (unpaired) electrons. The zero-order valence-electron chi connectivity index (χ0n) is 14.2. The molecule has 0 atom stereocenters. The lowest BCUT2D eigenvalue weighted by Crippen LogP contribution is -2.31. The van der Waals surface area contributed by atoms with Gasteiger partial charge in [-0.2, -0.15) is 4.98 Å². The molecule has 0 aliphatic heterocycles. The first-order chi connectivity index (χ1) is 12.5. The number of nitrogens with one attached hydrogen (secondary N) is 1. The minimum absolute atomic E-state index is 0.134. The van der Waals surface area contributed by atoms with E-state index in [2.05, 4.69) is 10.3 Å². The molecule has 0 unspecified atom stereocenters. The fraction of sp³-hybridized carbons (Fsp3) is 0.167. The van der Waals surface area contributed by atoms with Gasteiger partial charge in [0.25, 0.3) is 11.5 Å². The van der Waals surface area contributed by atoms with E-state index in [4.69, 9.17) is 9.47 Å². The van der Waals surface area contributed by atoms with E-state index in [0.717, 1.165) is 5.56 Å². The molecule has 3 rings (SSSR count). The number of rotatable bonds is 5. The molecular formula is C18H17N3O5. The average Bonchev–Trinajstić information content (AvgIpc) is 2.66. The van der Waals surface area contributed by atoms with Gasteiger partial charge in [0, 0.05) is 12.7 Å². The highest BCUT2D eigenvalue weighted by atomic mass is 16.5. The van der Waals surface area contributed by atoms with Crippen molar-refractivity contribution in [2.45, 2.75) is 6.54 Å². The van der Waals surface area contributed by atoms with Crippen LogP contribution in [0.2, 0.25) is 0 Å². The van der Waals surface area contributed by atoms with E-state index < -0.39 is 22.9 Å². The second kappa shape index (κ2) is 7.14. The summed E-state index contributed by atoms with van der Waals surface area (Å²) in [7, 11) is 3.04. The highest BCUT2D eigenvalue weighted by molar-refractivity contribution is 5.96. The SMILES string of the molecule is COc1ccc(CNC(=O)c2c(O)nc3ccccn3c2=O)cc1OC. The highest BCUT2D eigenvalue weighted by Gasteiger charge is 2.19. The van der Waals surface area contributed by atoms with Gasteiger partial charge in [-0.15, -0.1) is 0 Å². The number of carbonyl (C=O) groups is 1. The maximum Gasteiger partial charge on any atom is 0.274 e. The Hall–Kier alpha value is -3.55. The van der Waals surface area contributed by atoms with Gasteiger partial charge >= 0.3 is 0 Å². The van der Waals surface area contributed by atoms with Gasteiger partial charge in [-0.3, -0.25) is 14.0 Å².